The highest BCUT2D eigenvalue weighted by Gasteiger charge is 2.66. The van der Waals surface area contributed by atoms with Crippen molar-refractivity contribution in [3.05, 3.63) is 29.8 Å². The number of ether oxygens (including phenoxy) is 1. The van der Waals surface area contributed by atoms with Gasteiger partial charge in [-0.2, -0.15) is 5.10 Å². The first kappa shape index (κ1) is 18.5. The second kappa shape index (κ2) is 7.34. The molecule has 1 aliphatic rings. The van der Waals surface area contributed by atoms with Gasteiger partial charge in [-0.05, 0) is 56.5 Å². The fourth-order valence-electron chi connectivity index (χ4n) is 2.10. The fraction of sp³-hybridized carbons (Fsp3) is 0.529. The molecule has 1 fully saturated rings. The molecule has 0 saturated heterocycles. The molecule has 0 unspecified atom stereocenters. The summed E-state index contributed by atoms with van der Waals surface area (Å²) in [5, 5.41) is 4.21. The van der Waals surface area contributed by atoms with Crippen LogP contribution in [-0.2, 0) is 4.79 Å². The summed E-state index contributed by atoms with van der Waals surface area (Å²) in [7, 11) is 0. The number of hydrogen-bond donors (Lipinski definition) is 1. The van der Waals surface area contributed by atoms with Gasteiger partial charge >= 0.3 is 0 Å². The minimum atomic E-state index is -0.465. The van der Waals surface area contributed by atoms with Gasteiger partial charge in [0.25, 0.3) is 0 Å². The summed E-state index contributed by atoms with van der Waals surface area (Å²) in [6.45, 7) is 6.65. The number of unbranched alkanes of at least 4 members (excludes halogenated alkanes) is 1. The Morgan fingerprint density at radius 3 is 2.48 bits per heavy atom. The molecule has 1 amide bonds. The van der Waals surface area contributed by atoms with E-state index >= 15 is 0 Å². The van der Waals surface area contributed by atoms with E-state index in [1.165, 1.54) is 0 Å². The van der Waals surface area contributed by atoms with Crippen molar-refractivity contribution in [1.82, 2.24) is 5.43 Å². The predicted molar refractivity (Wildman–Crippen MR) is 101 cm³/mol. The summed E-state index contributed by atoms with van der Waals surface area (Å²) < 4.78 is 5.33. The molecule has 0 spiro atoms. The van der Waals surface area contributed by atoms with Crippen LogP contribution in [0.1, 0.15) is 45.6 Å². The van der Waals surface area contributed by atoms with Crippen molar-refractivity contribution in [2.24, 2.45) is 10.5 Å². The SMILES string of the molecule is CCCCOc1ccc(/C(C)=N\NC(=O)[C@@]2(C)CC2(Br)Br)cc1. The molecule has 1 aliphatic carbocycles. The Labute approximate surface area is 154 Å². The third-order valence-corrected chi connectivity index (χ3v) is 6.43. The summed E-state index contributed by atoms with van der Waals surface area (Å²) in [6, 6.07) is 7.75. The normalized spacial score (nSPS) is 22.6. The van der Waals surface area contributed by atoms with E-state index in [4.69, 9.17) is 4.74 Å². The van der Waals surface area contributed by atoms with Crippen LogP contribution in [0.2, 0.25) is 0 Å². The van der Waals surface area contributed by atoms with Gasteiger partial charge in [0.1, 0.15) is 5.75 Å². The smallest absolute Gasteiger partial charge is 0.248 e. The molecule has 1 N–H and O–H groups in total. The van der Waals surface area contributed by atoms with Crippen molar-refractivity contribution >= 4 is 43.5 Å². The number of amides is 1. The number of hydrogen-bond acceptors (Lipinski definition) is 3. The molecule has 1 saturated carbocycles. The molecule has 126 valence electrons. The molecule has 1 aromatic rings. The van der Waals surface area contributed by atoms with Gasteiger partial charge in [0.05, 0.1) is 21.0 Å². The van der Waals surface area contributed by atoms with Crippen molar-refractivity contribution in [1.29, 1.82) is 0 Å². The number of nitrogens with zero attached hydrogens (tertiary/aromatic N) is 1. The van der Waals surface area contributed by atoms with Gasteiger partial charge in [0.15, 0.2) is 0 Å². The number of halogens is 2. The lowest BCUT2D eigenvalue weighted by molar-refractivity contribution is -0.125. The quantitative estimate of drug-likeness (QED) is 0.288. The molecule has 6 heteroatoms. The van der Waals surface area contributed by atoms with Gasteiger partial charge in [-0.25, -0.2) is 5.43 Å². The number of hydrazone groups is 1. The molecule has 1 atom stereocenters. The van der Waals surface area contributed by atoms with Gasteiger partial charge in [-0.15, -0.1) is 0 Å². The van der Waals surface area contributed by atoms with Crippen LogP contribution >= 0.6 is 31.9 Å². The van der Waals surface area contributed by atoms with E-state index < -0.39 is 5.41 Å². The summed E-state index contributed by atoms with van der Waals surface area (Å²) in [6.07, 6.45) is 2.91. The van der Waals surface area contributed by atoms with Gasteiger partial charge in [-0.1, -0.05) is 45.2 Å². The van der Waals surface area contributed by atoms with E-state index in [1.54, 1.807) is 0 Å². The second-order valence-corrected chi connectivity index (χ2v) is 9.85. The third kappa shape index (κ3) is 4.35. The number of rotatable bonds is 7. The van der Waals surface area contributed by atoms with Crippen LogP contribution in [0.25, 0.3) is 0 Å². The van der Waals surface area contributed by atoms with Gasteiger partial charge in [0.2, 0.25) is 5.91 Å². The number of nitrogens with one attached hydrogen (secondary N) is 1. The lowest BCUT2D eigenvalue weighted by Gasteiger charge is -2.11. The molecule has 1 aromatic carbocycles. The van der Waals surface area contributed by atoms with Crippen molar-refractivity contribution in [3.63, 3.8) is 0 Å². The molecule has 0 heterocycles. The Kier molecular flexibility index (Phi) is 5.89. The lowest BCUT2D eigenvalue weighted by atomic mass is 10.1. The zero-order chi connectivity index (χ0) is 17.1. The molecule has 0 bridgehead atoms. The van der Waals surface area contributed by atoms with Crippen LogP contribution in [0, 0.1) is 5.41 Å². The predicted octanol–water partition coefficient (Wildman–Crippen LogP) is 4.60. The Balaban J connectivity index is 1.92. The fourth-order valence-corrected chi connectivity index (χ4v) is 3.58. The van der Waals surface area contributed by atoms with Crippen LogP contribution < -0.4 is 10.2 Å². The Morgan fingerprint density at radius 2 is 1.96 bits per heavy atom. The topological polar surface area (TPSA) is 50.7 Å². The van der Waals surface area contributed by atoms with Crippen LogP contribution in [0.15, 0.2) is 29.4 Å². The highest BCUT2D eigenvalue weighted by atomic mass is 79.9. The zero-order valence-corrected chi connectivity index (χ0v) is 16.8. The third-order valence-electron chi connectivity index (χ3n) is 4.12. The largest absolute Gasteiger partial charge is 0.494 e. The van der Waals surface area contributed by atoms with Crippen LogP contribution in [0.4, 0.5) is 0 Å². The Bertz CT molecular complexity index is 599. The van der Waals surface area contributed by atoms with Crippen molar-refractivity contribution in [2.75, 3.05) is 6.61 Å². The summed E-state index contributed by atoms with van der Waals surface area (Å²) in [5.41, 5.74) is 3.91. The molecular formula is C17H22Br2N2O2. The monoisotopic (exact) mass is 444 g/mol. The first-order chi connectivity index (χ1) is 10.8. The maximum Gasteiger partial charge on any atom is 0.248 e. The van der Waals surface area contributed by atoms with Gasteiger partial charge < -0.3 is 4.74 Å². The van der Waals surface area contributed by atoms with E-state index in [1.807, 2.05) is 38.1 Å². The van der Waals surface area contributed by atoms with E-state index in [0.29, 0.717) is 0 Å². The lowest BCUT2D eigenvalue weighted by Crippen LogP contribution is -2.30. The van der Waals surface area contributed by atoms with Crippen molar-refractivity contribution in [3.8, 4) is 5.75 Å². The summed E-state index contributed by atoms with van der Waals surface area (Å²) in [5.74, 6) is 0.762. The first-order valence-electron chi connectivity index (χ1n) is 7.76. The van der Waals surface area contributed by atoms with Crippen LogP contribution in [-0.4, -0.2) is 21.5 Å². The minimum absolute atomic E-state index is 0.0925. The number of benzene rings is 1. The zero-order valence-electron chi connectivity index (χ0n) is 13.7. The van der Waals surface area contributed by atoms with Crippen LogP contribution in [0.3, 0.4) is 0 Å². The molecule has 0 aromatic heterocycles. The highest BCUT2D eigenvalue weighted by Crippen LogP contribution is 2.66. The number of alkyl halides is 2. The average Bonchev–Trinajstić information content (AvgIpc) is 3.05. The van der Waals surface area contributed by atoms with E-state index in [9.17, 15) is 4.79 Å². The molecule has 0 aliphatic heterocycles. The summed E-state index contributed by atoms with van der Waals surface area (Å²) in [4.78, 5) is 12.2. The minimum Gasteiger partial charge on any atom is -0.494 e. The van der Waals surface area contributed by atoms with E-state index in [0.717, 1.165) is 42.9 Å². The second-order valence-electron chi connectivity index (χ2n) is 6.08. The Morgan fingerprint density at radius 1 is 1.35 bits per heavy atom. The maximum atomic E-state index is 12.2. The van der Waals surface area contributed by atoms with E-state index in [2.05, 4.69) is 49.3 Å². The van der Waals surface area contributed by atoms with Gasteiger partial charge in [0, 0.05) is 0 Å². The van der Waals surface area contributed by atoms with Crippen molar-refractivity contribution in [2.45, 2.75) is 43.3 Å². The molecule has 23 heavy (non-hydrogen) atoms. The highest BCUT2D eigenvalue weighted by molar-refractivity contribution is 9.25. The summed E-state index contributed by atoms with van der Waals surface area (Å²) >= 11 is 6.98. The first-order valence-corrected chi connectivity index (χ1v) is 9.34. The molecule has 2 rings (SSSR count). The Hall–Kier alpha value is -0.880. The van der Waals surface area contributed by atoms with E-state index in [-0.39, 0.29) is 9.14 Å². The number of carbonyl (C=O) groups excluding carboxylic acids is 1. The van der Waals surface area contributed by atoms with Crippen LogP contribution in [0.5, 0.6) is 5.75 Å². The average molecular weight is 446 g/mol. The molecular weight excluding hydrogens is 424 g/mol. The maximum absolute atomic E-state index is 12.2. The standard InChI is InChI=1S/C17H22Br2N2O2/c1-4-5-10-23-14-8-6-13(7-9-14)12(2)20-21-15(22)16(3)11-17(16,18)19/h6-9H,4-5,10-11H2,1-3H3,(H,21,22)/b20-12-/t16-/m1/s1. The molecule has 0 radical (unpaired) electrons. The van der Waals surface area contributed by atoms with Gasteiger partial charge in [-0.3, -0.25) is 4.79 Å². The van der Waals surface area contributed by atoms with Crippen molar-refractivity contribution < 1.29 is 9.53 Å². The number of carbonyl (C=O) groups is 1. The molecule has 4 nitrogen and oxygen atoms in total.